The van der Waals surface area contributed by atoms with Crippen molar-refractivity contribution in [3.63, 3.8) is 0 Å². The average molecular weight is 325 g/mol. The summed E-state index contributed by atoms with van der Waals surface area (Å²) in [5, 5.41) is 0. The molecule has 0 saturated heterocycles. The smallest absolute Gasteiger partial charge is 0.142 e. The van der Waals surface area contributed by atoms with Gasteiger partial charge in [0.05, 0.1) is 5.69 Å². The predicted molar refractivity (Wildman–Crippen MR) is 75.3 cm³/mol. The number of aromatic nitrogens is 1. The molecule has 1 heterocycles. The Kier molecular flexibility index (Phi) is 4.50. The van der Waals surface area contributed by atoms with Gasteiger partial charge in [0, 0.05) is 16.7 Å². The molecule has 0 aliphatic carbocycles. The van der Waals surface area contributed by atoms with E-state index in [1.807, 2.05) is 25.1 Å². The van der Waals surface area contributed by atoms with Gasteiger partial charge in [-0.25, -0.2) is 4.39 Å². The topological polar surface area (TPSA) is 48.1 Å². The van der Waals surface area contributed by atoms with Gasteiger partial charge in [-0.1, -0.05) is 15.9 Å². The Bertz CT molecular complexity index is 569. The molecular weight excluding hydrogens is 311 g/mol. The summed E-state index contributed by atoms with van der Waals surface area (Å²) in [5.41, 5.74) is 7.97. The molecule has 2 N–H and O–H groups in total. The fraction of sp³-hybridized carbons (Fsp3) is 0.214. The molecule has 0 spiro atoms. The van der Waals surface area contributed by atoms with Crippen LogP contribution in [0.4, 0.5) is 4.39 Å². The van der Waals surface area contributed by atoms with Crippen molar-refractivity contribution in [1.82, 2.24) is 4.98 Å². The maximum Gasteiger partial charge on any atom is 0.142 e. The molecule has 1 aromatic heterocycles. The van der Waals surface area contributed by atoms with E-state index in [-0.39, 0.29) is 12.4 Å². The highest BCUT2D eigenvalue weighted by Gasteiger charge is 2.06. The maximum absolute atomic E-state index is 13.2. The SMILES string of the molecule is Cc1ccc(OCc2cc(F)cc(Br)c2)c(CN)n1. The zero-order valence-electron chi connectivity index (χ0n) is 10.5. The molecule has 0 aliphatic heterocycles. The fourth-order valence-corrected chi connectivity index (χ4v) is 2.24. The van der Waals surface area contributed by atoms with E-state index in [2.05, 4.69) is 20.9 Å². The summed E-state index contributed by atoms with van der Waals surface area (Å²) in [4.78, 5) is 4.31. The number of aryl methyl sites for hydroxylation is 1. The summed E-state index contributed by atoms with van der Waals surface area (Å²) in [6, 6.07) is 8.35. The Hall–Kier alpha value is -1.46. The molecule has 0 radical (unpaired) electrons. The van der Waals surface area contributed by atoms with Crippen molar-refractivity contribution in [2.75, 3.05) is 0 Å². The third kappa shape index (κ3) is 3.75. The molecule has 0 aliphatic rings. The number of nitrogens with two attached hydrogens (primary N) is 1. The lowest BCUT2D eigenvalue weighted by Crippen LogP contribution is -2.06. The van der Waals surface area contributed by atoms with Gasteiger partial charge < -0.3 is 10.5 Å². The van der Waals surface area contributed by atoms with Crippen LogP contribution in [0.5, 0.6) is 5.75 Å². The van der Waals surface area contributed by atoms with Crippen molar-refractivity contribution in [2.24, 2.45) is 5.73 Å². The largest absolute Gasteiger partial charge is 0.487 e. The van der Waals surface area contributed by atoms with Gasteiger partial charge in [0.1, 0.15) is 18.2 Å². The fourth-order valence-electron chi connectivity index (χ4n) is 1.73. The van der Waals surface area contributed by atoms with Gasteiger partial charge in [-0.2, -0.15) is 0 Å². The highest BCUT2D eigenvalue weighted by Crippen LogP contribution is 2.20. The second-order valence-corrected chi connectivity index (χ2v) is 5.08. The zero-order valence-corrected chi connectivity index (χ0v) is 12.1. The van der Waals surface area contributed by atoms with Crippen LogP contribution in [0.15, 0.2) is 34.8 Å². The molecular formula is C14H14BrFN2O. The summed E-state index contributed by atoms with van der Waals surface area (Å²) < 4.78 is 19.6. The lowest BCUT2D eigenvalue weighted by molar-refractivity contribution is 0.300. The Balaban J connectivity index is 2.14. The van der Waals surface area contributed by atoms with E-state index in [4.69, 9.17) is 10.5 Å². The maximum atomic E-state index is 13.2. The first-order valence-corrected chi connectivity index (χ1v) is 6.62. The number of pyridine rings is 1. The predicted octanol–water partition coefficient (Wildman–Crippen LogP) is 3.33. The van der Waals surface area contributed by atoms with Crippen molar-refractivity contribution in [3.8, 4) is 5.75 Å². The Morgan fingerprint density at radius 1 is 1.32 bits per heavy atom. The minimum absolute atomic E-state index is 0.272. The summed E-state index contributed by atoms with van der Waals surface area (Å²) >= 11 is 3.25. The van der Waals surface area contributed by atoms with E-state index in [9.17, 15) is 4.39 Å². The van der Waals surface area contributed by atoms with Crippen molar-refractivity contribution in [2.45, 2.75) is 20.1 Å². The van der Waals surface area contributed by atoms with Crippen molar-refractivity contribution in [3.05, 3.63) is 57.6 Å². The molecule has 5 heteroatoms. The van der Waals surface area contributed by atoms with Gasteiger partial charge >= 0.3 is 0 Å². The second-order valence-electron chi connectivity index (χ2n) is 4.17. The number of benzene rings is 1. The first-order chi connectivity index (χ1) is 9.08. The Morgan fingerprint density at radius 2 is 2.11 bits per heavy atom. The van der Waals surface area contributed by atoms with Crippen molar-refractivity contribution >= 4 is 15.9 Å². The zero-order chi connectivity index (χ0) is 13.8. The van der Waals surface area contributed by atoms with E-state index >= 15 is 0 Å². The molecule has 3 nitrogen and oxygen atoms in total. The number of nitrogens with zero attached hydrogens (tertiary/aromatic N) is 1. The van der Waals surface area contributed by atoms with Crippen LogP contribution in [-0.2, 0) is 13.2 Å². The van der Waals surface area contributed by atoms with E-state index in [1.165, 1.54) is 12.1 Å². The van der Waals surface area contributed by atoms with Crippen LogP contribution in [0.3, 0.4) is 0 Å². The Labute approximate surface area is 119 Å². The van der Waals surface area contributed by atoms with E-state index in [0.717, 1.165) is 11.3 Å². The Morgan fingerprint density at radius 3 is 2.79 bits per heavy atom. The molecule has 19 heavy (non-hydrogen) atoms. The summed E-state index contributed by atoms with van der Waals surface area (Å²) in [5.74, 6) is 0.336. The number of ether oxygens (including phenoxy) is 1. The average Bonchev–Trinajstić information content (AvgIpc) is 2.36. The quantitative estimate of drug-likeness (QED) is 0.938. The molecule has 0 amide bonds. The number of halogens is 2. The first kappa shape index (κ1) is 14.0. The molecule has 1 aromatic carbocycles. The van der Waals surface area contributed by atoms with Crippen LogP contribution in [0.25, 0.3) is 0 Å². The normalized spacial score (nSPS) is 10.5. The summed E-state index contributed by atoms with van der Waals surface area (Å²) in [6.45, 7) is 2.48. The van der Waals surface area contributed by atoms with Gasteiger partial charge in [0.15, 0.2) is 0 Å². The lowest BCUT2D eigenvalue weighted by Gasteiger charge is -2.10. The van der Waals surface area contributed by atoms with Gasteiger partial charge in [0.25, 0.3) is 0 Å². The van der Waals surface area contributed by atoms with Gasteiger partial charge in [-0.3, -0.25) is 4.98 Å². The van der Waals surface area contributed by atoms with E-state index < -0.39 is 0 Å². The minimum atomic E-state index is -0.297. The molecule has 100 valence electrons. The van der Waals surface area contributed by atoms with Crippen LogP contribution in [0.1, 0.15) is 17.0 Å². The number of hydrogen-bond donors (Lipinski definition) is 1. The molecule has 2 rings (SSSR count). The molecule has 0 fully saturated rings. The highest BCUT2D eigenvalue weighted by molar-refractivity contribution is 9.10. The molecule has 0 unspecified atom stereocenters. The number of hydrogen-bond acceptors (Lipinski definition) is 3. The van der Waals surface area contributed by atoms with E-state index in [0.29, 0.717) is 22.5 Å². The van der Waals surface area contributed by atoms with Crippen LogP contribution in [-0.4, -0.2) is 4.98 Å². The minimum Gasteiger partial charge on any atom is -0.487 e. The van der Waals surface area contributed by atoms with Gasteiger partial charge in [-0.15, -0.1) is 0 Å². The molecule has 0 bridgehead atoms. The van der Waals surface area contributed by atoms with Gasteiger partial charge in [-0.05, 0) is 42.8 Å². The molecule has 0 atom stereocenters. The van der Waals surface area contributed by atoms with Crippen LogP contribution >= 0.6 is 15.9 Å². The third-order valence-corrected chi connectivity index (χ3v) is 3.04. The van der Waals surface area contributed by atoms with Gasteiger partial charge in [0.2, 0.25) is 0 Å². The monoisotopic (exact) mass is 324 g/mol. The van der Waals surface area contributed by atoms with E-state index in [1.54, 1.807) is 0 Å². The van der Waals surface area contributed by atoms with Crippen molar-refractivity contribution in [1.29, 1.82) is 0 Å². The first-order valence-electron chi connectivity index (χ1n) is 5.83. The molecule has 0 saturated carbocycles. The third-order valence-electron chi connectivity index (χ3n) is 2.58. The van der Waals surface area contributed by atoms with Crippen molar-refractivity contribution < 1.29 is 9.13 Å². The standard InChI is InChI=1S/C14H14BrFN2O/c1-9-2-3-14(13(7-17)18-9)19-8-10-4-11(15)6-12(16)5-10/h2-6H,7-8,17H2,1H3. The number of rotatable bonds is 4. The molecule has 2 aromatic rings. The second kappa shape index (κ2) is 6.12. The highest BCUT2D eigenvalue weighted by atomic mass is 79.9. The summed E-state index contributed by atoms with van der Waals surface area (Å²) in [6.07, 6.45) is 0. The van der Waals surface area contributed by atoms with Crippen LogP contribution < -0.4 is 10.5 Å². The van der Waals surface area contributed by atoms with Crippen LogP contribution in [0, 0.1) is 12.7 Å². The van der Waals surface area contributed by atoms with Crippen LogP contribution in [0.2, 0.25) is 0 Å². The lowest BCUT2D eigenvalue weighted by atomic mass is 10.2. The summed E-state index contributed by atoms with van der Waals surface area (Å²) in [7, 11) is 0.